The van der Waals surface area contributed by atoms with Gasteiger partial charge < -0.3 is 20.5 Å². The number of benzene rings is 1. The second-order valence-electron chi connectivity index (χ2n) is 7.28. The van der Waals surface area contributed by atoms with Crippen molar-refractivity contribution >= 4 is 23.3 Å². The molecule has 28 heavy (non-hydrogen) atoms. The molecule has 0 unspecified atom stereocenters. The lowest BCUT2D eigenvalue weighted by molar-refractivity contribution is -0.122. The van der Waals surface area contributed by atoms with E-state index in [0.717, 1.165) is 31.2 Å². The van der Waals surface area contributed by atoms with Gasteiger partial charge in [-0.2, -0.15) is 0 Å². The lowest BCUT2D eigenvalue weighted by Crippen LogP contribution is -2.38. The summed E-state index contributed by atoms with van der Waals surface area (Å²) < 4.78 is 1.38. The van der Waals surface area contributed by atoms with Crippen LogP contribution in [-0.2, 0) is 11.3 Å². The minimum absolute atomic E-state index is 0.0593. The van der Waals surface area contributed by atoms with Crippen molar-refractivity contribution in [3.8, 4) is 0 Å². The summed E-state index contributed by atoms with van der Waals surface area (Å²) in [6.45, 7) is 3.63. The van der Waals surface area contributed by atoms with Gasteiger partial charge in [-0.05, 0) is 56.5 Å². The number of hydrogen-bond acceptors (Lipinski definition) is 3. The van der Waals surface area contributed by atoms with Crippen molar-refractivity contribution in [3.63, 3.8) is 0 Å². The normalized spacial score (nSPS) is 13.9. The molecule has 7 heteroatoms. The number of aryl methyl sites for hydroxylation is 2. The molecule has 0 saturated heterocycles. The Balaban J connectivity index is 1.68. The van der Waals surface area contributed by atoms with E-state index in [0.29, 0.717) is 11.4 Å². The molecule has 0 bridgehead atoms. The third-order valence-electron chi connectivity index (χ3n) is 4.94. The molecule has 3 N–H and O–H groups in total. The molecule has 3 amide bonds. The quantitative estimate of drug-likeness (QED) is 0.742. The molecule has 1 aliphatic carbocycles. The number of nitrogens with zero attached hydrogens (tertiary/aromatic N) is 1. The third-order valence-corrected chi connectivity index (χ3v) is 4.94. The first-order chi connectivity index (χ1) is 13.4. The van der Waals surface area contributed by atoms with Gasteiger partial charge in [0.15, 0.2) is 0 Å². The van der Waals surface area contributed by atoms with Gasteiger partial charge in [-0.3, -0.25) is 9.59 Å². The van der Waals surface area contributed by atoms with Crippen LogP contribution in [0.4, 0.5) is 16.2 Å². The SMILES string of the molecule is Cc1cccc(NC(=O)Nc2ccc(C)n(CC(=O)NC3CCCC3)c2=O)c1. The smallest absolute Gasteiger partial charge is 0.323 e. The first-order valence-electron chi connectivity index (χ1n) is 9.57. The molecule has 7 nitrogen and oxygen atoms in total. The van der Waals surface area contributed by atoms with Crippen LogP contribution in [0.5, 0.6) is 0 Å². The summed E-state index contributed by atoms with van der Waals surface area (Å²) >= 11 is 0. The summed E-state index contributed by atoms with van der Waals surface area (Å²) in [7, 11) is 0. The number of carbonyl (C=O) groups is 2. The number of nitrogens with one attached hydrogen (secondary N) is 3. The van der Waals surface area contributed by atoms with E-state index in [1.54, 1.807) is 25.1 Å². The molecular formula is C21H26N4O3. The van der Waals surface area contributed by atoms with E-state index in [4.69, 9.17) is 0 Å². The Morgan fingerprint density at radius 1 is 1.07 bits per heavy atom. The number of rotatable bonds is 5. The van der Waals surface area contributed by atoms with Gasteiger partial charge in [0.2, 0.25) is 5.91 Å². The lowest BCUT2D eigenvalue weighted by atomic mass is 10.2. The molecule has 1 fully saturated rings. The summed E-state index contributed by atoms with van der Waals surface area (Å²) in [6, 6.07) is 10.3. The fraction of sp³-hybridized carbons (Fsp3) is 0.381. The molecule has 148 valence electrons. The Hall–Kier alpha value is -3.09. The highest BCUT2D eigenvalue weighted by Crippen LogP contribution is 2.17. The van der Waals surface area contributed by atoms with Crippen molar-refractivity contribution in [1.29, 1.82) is 0 Å². The van der Waals surface area contributed by atoms with Crippen LogP contribution in [0.1, 0.15) is 36.9 Å². The van der Waals surface area contributed by atoms with Crippen molar-refractivity contribution in [3.05, 3.63) is 58.0 Å². The van der Waals surface area contributed by atoms with Gasteiger partial charge in [0, 0.05) is 17.4 Å². The summed E-state index contributed by atoms with van der Waals surface area (Å²) in [5.74, 6) is -0.182. The van der Waals surface area contributed by atoms with Crippen molar-refractivity contribution in [2.75, 3.05) is 10.6 Å². The number of aromatic nitrogens is 1. The number of hydrogen-bond donors (Lipinski definition) is 3. The third kappa shape index (κ3) is 5.00. The maximum absolute atomic E-state index is 12.7. The lowest BCUT2D eigenvalue weighted by Gasteiger charge is -2.15. The van der Waals surface area contributed by atoms with Crippen molar-refractivity contribution in [1.82, 2.24) is 9.88 Å². The fourth-order valence-corrected chi connectivity index (χ4v) is 3.46. The Labute approximate surface area is 164 Å². The highest BCUT2D eigenvalue weighted by molar-refractivity contribution is 5.99. The average Bonchev–Trinajstić information content (AvgIpc) is 3.14. The van der Waals surface area contributed by atoms with Crippen LogP contribution >= 0.6 is 0 Å². The number of pyridine rings is 1. The second kappa shape index (κ2) is 8.73. The summed E-state index contributed by atoms with van der Waals surface area (Å²) in [5.41, 5.74) is 2.05. The Morgan fingerprint density at radius 3 is 2.54 bits per heavy atom. The molecule has 1 aromatic carbocycles. The van der Waals surface area contributed by atoms with Crippen molar-refractivity contribution < 1.29 is 9.59 Å². The Kier molecular flexibility index (Phi) is 6.13. The average molecular weight is 382 g/mol. The summed E-state index contributed by atoms with van der Waals surface area (Å²) in [6.07, 6.45) is 4.22. The fourth-order valence-electron chi connectivity index (χ4n) is 3.46. The van der Waals surface area contributed by atoms with Crippen LogP contribution in [0.25, 0.3) is 0 Å². The van der Waals surface area contributed by atoms with E-state index < -0.39 is 11.6 Å². The number of anilines is 2. The van der Waals surface area contributed by atoms with Gasteiger partial charge in [-0.15, -0.1) is 0 Å². The molecule has 1 aliphatic rings. The predicted molar refractivity (Wildman–Crippen MR) is 110 cm³/mol. The Morgan fingerprint density at radius 2 is 1.82 bits per heavy atom. The standard InChI is InChI=1S/C21H26N4O3/c1-14-6-5-9-17(12-14)23-21(28)24-18-11-10-15(2)25(20(18)27)13-19(26)22-16-7-3-4-8-16/h5-6,9-12,16H,3-4,7-8,13H2,1-2H3,(H,22,26)(H2,23,24,28). The summed E-state index contributed by atoms with van der Waals surface area (Å²) in [5, 5.41) is 8.26. The van der Waals surface area contributed by atoms with Crippen LogP contribution in [0.2, 0.25) is 0 Å². The first-order valence-corrected chi connectivity index (χ1v) is 9.57. The molecule has 2 aromatic rings. The van der Waals surface area contributed by atoms with E-state index in [9.17, 15) is 14.4 Å². The van der Waals surface area contributed by atoms with Gasteiger partial charge in [-0.25, -0.2) is 4.79 Å². The highest BCUT2D eigenvalue weighted by atomic mass is 16.2. The maximum atomic E-state index is 12.7. The van der Waals surface area contributed by atoms with Gasteiger partial charge in [0.1, 0.15) is 12.2 Å². The zero-order valence-electron chi connectivity index (χ0n) is 16.2. The minimum atomic E-state index is -0.506. The highest BCUT2D eigenvalue weighted by Gasteiger charge is 2.18. The molecule has 1 saturated carbocycles. The molecule has 1 aromatic heterocycles. The first kappa shape index (κ1) is 19.7. The van der Waals surface area contributed by atoms with Gasteiger partial charge in [0.25, 0.3) is 5.56 Å². The number of urea groups is 1. The molecule has 0 radical (unpaired) electrons. The molecule has 1 heterocycles. The Bertz CT molecular complexity index is 929. The minimum Gasteiger partial charge on any atom is -0.352 e. The van der Waals surface area contributed by atoms with E-state index in [2.05, 4.69) is 16.0 Å². The number of amides is 3. The van der Waals surface area contributed by atoms with Gasteiger partial charge in [-0.1, -0.05) is 25.0 Å². The van der Waals surface area contributed by atoms with Crippen LogP contribution in [0.15, 0.2) is 41.2 Å². The summed E-state index contributed by atoms with van der Waals surface area (Å²) in [4.78, 5) is 37.3. The van der Waals surface area contributed by atoms with Gasteiger partial charge in [0.05, 0.1) is 0 Å². The van der Waals surface area contributed by atoms with Crippen molar-refractivity contribution in [2.45, 2.75) is 52.1 Å². The van der Waals surface area contributed by atoms with E-state index >= 15 is 0 Å². The van der Waals surface area contributed by atoms with Crippen LogP contribution in [0, 0.1) is 13.8 Å². The largest absolute Gasteiger partial charge is 0.352 e. The van der Waals surface area contributed by atoms with E-state index in [1.165, 1.54) is 4.57 Å². The monoisotopic (exact) mass is 382 g/mol. The van der Waals surface area contributed by atoms with E-state index in [-0.39, 0.29) is 24.2 Å². The molecule has 3 rings (SSSR count). The van der Waals surface area contributed by atoms with Crippen LogP contribution in [0.3, 0.4) is 0 Å². The van der Waals surface area contributed by atoms with Crippen LogP contribution in [-0.4, -0.2) is 22.5 Å². The molecule has 0 aliphatic heterocycles. The van der Waals surface area contributed by atoms with Gasteiger partial charge >= 0.3 is 6.03 Å². The zero-order valence-corrected chi connectivity index (χ0v) is 16.2. The zero-order chi connectivity index (χ0) is 20.1. The predicted octanol–water partition coefficient (Wildman–Crippen LogP) is 3.17. The van der Waals surface area contributed by atoms with Crippen LogP contribution < -0.4 is 21.5 Å². The van der Waals surface area contributed by atoms with E-state index in [1.807, 2.05) is 25.1 Å². The number of carbonyl (C=O) groups excluding carboxylic acids is 2. The topological polar surface area (TPSA) is 92.2 Å². The maximum Gasteiger partial charge on any atom is 0.323 e. The molecule has 0 atom stereocenters. The second-order valence-corrected chi connectivity index (χ2v) is 7.28. The molecule has 0 spiro atoms. The van der Waals surface area contributed by atoms with Crippen molar-refractivity contribution in [2.24, 2.45) is 0 Å². The molecular weight excluding hydrogens is 356 g/mol.